The van der Waals surface area contributed by atoms with Gasteiger partial charge in [-0.05, 0) is 25.5 Å². The van der Waals surface area contributed by atoms with E-state index in [2.05, 4.69) is 4.74 Å². The Labute approximate surface area is 117 Å². The maximum Gasteiger partial charge on any atom is 0.337 e. The lowest BCUT2D eigenvalue weighted by Crippen LogP contribution is -2.06. The standard InChI is InChI=1S/C15H18O5/c1-3-20-14(17)6-4-5-13(16)11-7-9-12(10-8-11)15(18)19-2/h7-10H,3-6H2,1-2H3. The number of ketones is 1. The van der Waals surface area contributed by atoms with E-state index in [1.807, 2.05) is 0 Å². The van der Waals surface area contributed by atoms with Crippen LogP contribution in [0.25, 0.3) is 0 Å². The molecule has 0 fully saturated rings. The SMILES string of the molecule is CCOC(=O)CCCC(=O)c1ccc(C(=O)OC)cc1. The summed E-state index contributed by atoms with van der Waals surface area (Å²) in [6, 6.07) is 6.26. The molecular formula is C15H18O5. The van der Waals surface area contributed by atoms with Gasteiger partial charge in [-0.3, -0.25) is 9.59 Å². The molecule has 0 unspecified atom stereocenters. The lowest BCUT2D eigenvalue weighted by atomic mass is 10.0. The number of hydrogen-bond acceptors (Lipinski definition) is 5. The molecule has 0 spiro atoms. The van der Waals surface area contributed by atoms with Crippen molar-refractivity contribution >= 4 is 17.7 Å². The van der Waals surface area contributed by atoms with E-state index in [1.165, 1.54) is 7.11 Å². The summed E-state index contributed by atoms with van der Waals surface area (Å²) in [5.74, 6) is -0.793. The minimum atomic E-state index is -0.439. The predicted octanol–water partition coefficient (Wildman–Crippen LogP) is 2.39. The van der Waals surface area contributed by atoms with Gasteiger partial charge in [0, 0.05) is 18.4 Å². The average molecular weight is 278 g/mol. The Kier molecular flexibility index (Phi) is 6.43. The fourth-order valence-corrected chi connectivity index (χ4v) is 1.68. The molecule has 0 aliphatic rings. The molecule has 5 nitrogen and oxygen atoms in total. The highest BCUT2D eigenvalue weighted by molar-refractivity contribution is 5.97. The third-order valence-electron chi connectivity index (χ3n) is 2.72. The summed E-state index contributed by atoms with van der Waals surface area (Å²) in [7, 11) is 1.30. The van der Waals surface area contributed by atoms with Gasteiger partial charge in [-0.25, -0.2) is 4.79 Å². The van der Waals surface area contributed by atoms with Gasteiger partial charge in [-0.2, -0.15) is 0 Å². The van der Waals surface area contributed by atoms with Gasteiger partial charge in [-0.15, -0.1) is 0 Å². The fraction of sp³-hybridized carbons (Fsp3) is 0.400. The van der Waals surface area contributed by atoms with Crippen molar-refractivity contribution < 1.29 is 23.9 Å². The Hall–Kier alpha value is -2.17. The molecule has 5 heteroatoms. The predicted molar refractivity (Wildman–Crippen MR) is 72.6 cm³/mol. The highest BCUT2D eigenvalue weighted by Crippen LogP contribution is 2.10. The molecule has 0 radical (unpaired) electrons. The second-order valence-corrected chi connectivity index (χ2v) is 4.15. The molecule has 0 aliphatic carbocycles. The van der Waals surface area contributed by atoms with E-state index in [4.69, 9.17) is 4.74 Å². The third kappa shape index (κ3) is 4.84. The van der Waals surface area contributed by atoms with E-state index >= 15 is 0 Å². The van der Waals surface area contributed by atoms with Gasteiger partial charge in [0.1, 0.15) is 0 Å². The number of hydrogen-bond donors (Lipinski definition) is 0. The number of Topliss-reactive ketones (excluding diaryl/α,β-unsaturated/α-hetero) is 1. The first-order valence-corrected chi connectivity index (χ1v) is 6.45. The Balaban J connectivity index is 2.48. The number of rotatable bonds is 7. The van der Waals surface area contributed by atoms with Gasteiger partial charge in [0.05, 0.1) is 19.3 Å². The van der Waals surface area contributed by atoms with E-state index < -0.39 is 5.97 Å². The molecule has 0 atom stereocenters. The quantitative estimate of drug-likeness (QED) is 0.565. The molecule has 0 N–H and O–H groups in total. The maximum atomic E-state index is 11.9. The Morgan fingerprint density at radius 3 is 2.15 bits per heavy atom. The van der Waals surface area contributed by atoms with Crippen molar-refractivity contribution in [2.75, 3.05) is 13.7 Å². The minimum Gasteiger partial charge on any atom is -0.466 e. The van der Waals surface area contributed by atoms with Crippen LogP contribution in [0, 0.1) is 0 Å². The monoisotopic (exact) mass is 278 g/mol. The second-order valence-electron chi connectivity index (χ2n) is 4.15. The van der Waals surface area contributed by atoms with Crippen LogP contribution in [0.5, 0.6) is 0 Å². The molecule has 1 aromatic carbocycles. The first-order chi connectivity index (χ1) is 9.58. The van der Waals surface area contributed by atoms with Gasteiger partial charge in [-0.1, -0.05) is 12.1 Å². The number of ether oxygens (including phenoxy) is 2. The maximum absolute atomic E-state index is 11.9. The summed E-state index contributed by atoms with van der Waals surface area (Å²) >= 11 is 0. The number of carbonyl (C=O) groups excluding carboxylic acids is 3. The number of carbonyl (C=O) groups is 3. The van der Waals surface area contributed by atoms with Crippen molar-refractivity contribution in [2.24, 2.45) is 0 Å². The first-order valence-electron chi connectivity index (χ1n) is 6.45. The summed E-state index contributed by atoms with van der Waals surface area (Å²) in [5.41, 5.74) is 0.914. The summed E-state index contributed by atoms with van der Waals surface area (Å²) in [6.45, 7) is 2.09. The van der Waals surface area contributed by atoms with Crippen LogP contribution in [0.2, 0.25) is 0 Å². The number of benzene rings is 1. The summed E-state index contributed by atoms with van der Waals surface area (Å²) in [6.07, 6.45) is 0.965. The molecule has 0 amide bonds. The zero-order valence-corrected chi connectivity index (χ0v) is 11.7. The topological polar surface area (TPSA) is 69.7 Å². The van der Waals surface area contributed by atoms with Gasteiger partial charge < -0.3 is 9.47 Å². The van der Waals surface area contributed by atoms with Crippen molar-refractivity contribution in [3.05, 3.63) is 35.4 Å². The zero-order chi connectivity index (χ0) is 15.0. The molecule has 0 saturated carbocycles. The van der Waals surface area contributed by atoms with Crippen molar-refractivity contribution in [3.63, 3.8) is 0 Å². The smallest absolute Gasteiger partial charge is 0.337 e. The van der Waals surface area contributed by atoms with E-state index in [0.717, 1.165) is 0 Å². The lowest BCUT2D eigenvalue weighted by Gasteiger charge is -2.03. The molecule has 0 saturated heterocycles. The van der Waals surface area contributed by atoms with Crippen LogP contribution in [-0.4, -0.2) is 31.4 Å². The van der Waals surface area contributed by atoms with E-state index in [9.17, 15) is 14.4 Å². The van der Waals surface area contributed by atoms with Crippen LogP contribution in [-0.2, 0) is 14.3 Å². The highest BCUT2D eigenvalue weighted by atomic mass is 16.5. The normalized spacial score (nSPS) is 9.90. The van der Waals surface area contributed by atoms with Gasteiger partial charge >= 0.3 is 11.9 Å². The Bertz CT molecular complexity index is 476. The molecular weight excluding hydrogens is 260 g/mol. The molecule has 0 aromatic heterocycles. The summed E-state index contributed by atoms with van der Waals surface area (Å²) in [5, 5.41) is 0. The van der Waals surface area contributed by atoms with Crippen molar-refractivity contribution in [2.45, 2.75) is 26.2 Å². The molecule has 0 aliphatic heterocycles. The minimum absolute atomic E-state index is 0.0642. The molecule has 1 rings (SSSR count). The van der Waals surface area contributed by atoms with E-state index in [0.29, 0.717) is 24.2 Å². The van der Waals surface area contributed by atoms with Crippen molar-refractivity contribution in [1.82, 2.24) is 0 Å². The van der Waals surface area contributed by atoms with Crippen molar-refractivity contribution in [1.29, 1.82) is 0 Å². The number of methoxy groups -OCH3 is 1. The van der Waals surface area contributed by atoms with Crippen LogP contribution in [0.1, 0.15) is 46.9 Å². The van der Waals surface area contributed by atoms with Gasteiger partial charge in [0.15, 0.2) is 5.78 Å². The molecule has 1 aromatic rings. The van der Waals surface area contributed by atoms with E-state index in [-0.39, 0.29) is 24.6 Å². The molecule has 0 bridgehead atoms. The molecule has 108 valence electrons. The molecule has 0 heterocycles. The van der Waals surface area contributed by atoms with Crippen LogP contribution < -0.4 is 0 Å². The fourth-order valence-electron chi connectivity index (χ4n) is 1.68. The number of esters is 2. The third-order valence-corrected chi connectivity index (χ3v) is 2.72. The second kappa shape index (κ2) is 8.09. The lowest BCUT2D eigenvalue weighted by molar-refractivity contribution is -0.143. The highest BCUT2D eigenvalue weighted by Gasteiger charge is 2.10. The van der Waals surface area contributed by atoms with Gasteiger partial charge in [0.2, 0.25) is 0 Å². The summed E-state index contributed by atoms with van der Waals surface area (Å²) < 4.78 is 9.36. The van der Waals surface area contributed by atoms with E-state index in [1.54, 1.807) is 31.2 Å². The van der Waals surface area contributed by atoms with Gasteiger partial charge in [0.25, 0.3) is 0 Å². The van der Waals surface area contributed by atoms with Crippen LogP contribution in [0.15, 0.2) is 24.3 Å². The Morgan fingerprint density at radius 1 is 1.00 bits per heavy atom. The average Bonchev–Trinajstić information content (AvgIpc) is 2.46. The van der Waals surface area contributed by atoms with Crippen LogP contribution >= 0.6 is 0 Å². The van der Waals surface area contributed by atoms with Crippen LogP contribution in [0.4, 0.5) is 0 Å². The summed E-state index contributed by atoms with van der Waals surface area (Å²) in [4.78, 5) is 34.2. The first kappa shape index (κ1) is 15.9. The van der Waals surface area contributed by atoms with Crippen LogP contribution in [0.3, 0.4) is 0 Å². The Morgan fingerprint density at radius 2 is 1.60 bits per heavy atom. The van der Waals surface area contributed by atoms with Crippen molar-refractivity contribution in [3.8, 4) is 0 Å². The zero-order valence-electron chi connectivity index (χ0n) is 11.7. The largest absolute Gasteiger partial charge is 0.466 e. The molecule has 20 heavy (non-hydrogen) atoms.